The van der Waals surface area contributed by atoms with Crippen LogP contribution in [0.2, 0.25) is 0 Å². The number of hydrogen-bond acceptors (Lipinski definition) is 2. The highest BCUT2D eigenvalue weighted by Gasteiger charge is 2.01. The minimum Gasteiger partial charge on any atom is -0.336 e. The molecule has 0 bridgehead atoms. The number of benzene rings is 1. The molecule has 0 aliphatic heterocycles. The van der Waals surface area contributed by atoms with Crippen LogP contribution in [0.4, 0.5) is 14.9 Å². The Bertz CT molecular complexity index is 513. The fourth-order valence-corrected chi connectivity index (χ4v) is 1.46. The van der Waals surface area contributed by atoms with Gasteiger partial charge in [-0.05, 0) is 18.2 Å². The van der Waals surface area contributed by atoms with Gasteiger partial charge in [-0.2, -0.15) is 0 Å². The number of anilines is 1. The smallest absolute Gasteiger partial charge is 0.319 e. The molecule has 0 fully saturated rings. The van der Waals surface area contributed by atoms with Crippen LogP contribution in [0.1, 0.15) is 0 Å². The second-order valence-electron chi connectivity index (χ2n) is 3.69. The highest BCUT2D eigenvalue weighted by molar-refractivity contribution is 5.89. The van der Waals surface area contributed by atoms with Crippen LogP contribution in [-0.2, 0) is 6.54 Å². The van der Waals surface area contributed by atoms with Crippen molar-refractivity contribution in [1.82, 2.24) is 14.9 Å². The molecule has 0 unspecified atom stereocenters. The van der Waals surface area contributed by atoms with Gasteiger partial charge in [0.25, 0.3) is 0 Å². The first-order chi connectivity index (χ1) is 8.74. The first kappa shape index (κ1) is 12.1. The Balaban J connectivity index is 1.75. The monoisotopic (exact) mass is 248 g/mol. The fourth-order valence-electron chi connectivity index (χ4n) is 1.46. The maximum atomic E-state index is 12.9. The van der Waals surface area contributed by atoms with Gasteiger partial charge in [0.15, 0.2) is 0 Å². The summed E-state index contributed by atoms with van der Waals surface area (Å²) >= 11 is 0. The van der Waals surface area contributed by atoms with Crippen LogP contribution in [0.25, 0.3) is 0 Å². The van der Waals surface area contributed by atoms with Crippen molar-refractivity contribution in [3.8, 4) is 0 Å². The zero-order chi connectivity index (χ0) is 12.8. The summed E-state index contributed by atoms with van der Waals surface area (Å²) < 4.78 is 14.7. The number of urea groups is 1. The van der Waals surface area contributed by atoms with Crippen molar-refractivity contribution in [1.29, 1.82) is 0 Å². The van der Waals surface area contributed by atoms with Crippen LogP contribution in [0, 0.1) is 5.82 Å². The van der Waals surface area contributed by atoms with Crippen molar-refractivity contribution in [3.63, 3.8) is 0 Å². The van der Waals surface area contributed by atoms with Crippen LogP contribution in [-0.4, -0.2) is 22.1 Å². The van der Waals surface area contributed by atoms with Crippen LogP contribution >= 0.6 is 0 Å². The lowest BCUT2D eigenvalue weighted by Crippen LogP contribution is -2.31. The van der Waals surface area contributed by atoms with Gasteiger partial charge < -0.3 is 15.2 Å². The lowest BCUT2D eigenvalue weighted by Gasteiger charge is -2.07. The summed E-state index contributed by atoms with van der Waals surface area (Å²) in [5.74, 6) is -0.383. The number of nitrogens with one attached hydrogen (secondary N) is 2. The van der Waals surface area contributed by atoms with Gasteiger partial charge in [-0.1, -0.05) is 6.07 Å². The Hall–Kier alpha value is -2.37. The molecule has 1 heterocycles. The number of amides is 2. The summed E-state index contributed by atoms with van der Waals surface area (Å²) in [6.45, 7) is 1.11. The van der Waals surface area contributed by atoms with E-state index in [-0.39, 0.29) is 11.8 Å². The molecule has 2 aromatic rings. The number of imidazole rings is 1. The second-order valence-corrected chi connectivity index (χ2v) is 3.69. The SMILES string of the molecule is O=C(NCCn1ccnc1)Nc1cccc(F)c1. The van der Waals surface area contributed by atoms with Crippen molar-refractivity contribution in [2.45, 2.75) is 6.54 Å². The summed E-state index contributed by atoms with van der Waals surface area (Å²) in [5.41, 5.74) is 0.426. The Morgan fingerprint density at radius 3 is 3.06 bits per heavy atom. The molecule has 2 rings (SSSR count). The molecule has 1 aromatic heterocycles. The molecule has 2 amide bonds. The molecule has 1 aromatic carbocycles. The van der Waals surface area contributed by atoms with Gasteiger partial charge in [0.1, 0.15) is 5.82 Å². The van der Waals surface area contributed by atoms with Crippen molar-refractivity contribution in [3.05, 3.63) is 48.8 Å². The average Bonchev–Trinajstić information content (AvgIpc) is 2.82. The highest BCUT2D eigenvalue weighted by atomic mass is 19.1. The number of aromatic nitrogens is 2. The summed E-state index contributed by atoms with van der Waals surface area (Å²) in [7, 11) is 0. The van der Waals surface area contributed by atoms with E-state index in [0.29, 0.717) is 18.8 Å². The lowest BCUT2D eigenvalue weighted by atomic mass is 10.3. The van der Waals surface area contributed by atoms with Gasteiger partial charge in [-0.15, -0.1) is 0 Å². The second kappa shape index (κ2) is 5.81. The average molecular weight is 248 g/mol. The topological polar surface area (TPSA) is 59.0 Å². The molecular formula is C12H13FN4O. The molecule has 5 nitrogen and oxygen atoms in total. The predicted octanol–water partition coefficient (Wildman–Crippen LogP) is 1.84. The molecule has 0 aliphatic rings. The van der Waals surface area contributed by atoms with E-state index < -0.39 is 0 Å². The lowest BCUT2D eigenvalue weighted by molar-refractivity contribution is 0.251. The molecular weight excluding hydrogens is 235 g/mol. The summed E-state index contributed by atoms with van der Waals surface area (Å²) in [4.78, 5) is 15.4. The largest absolute Gasteiger partial charge is 0.336 e. The first-order valence-electron chi connectivity index (χ1n) is 5.50. The van der Waals surface area contributed by atoms with E-state index in [1.54, 1.807) is 18.6 Å². The van der Waals surface area contributed by atoms with E-state index >= 15 is 0 Å². The molecule has 6 heteroatoms. The summed E-state index contributed by atoms with van der Waals surface area (Å²) in [6, 6.07) is 5.38. The number of carbonyl (C=O) groups excluding carboxylic acids is 1. The molecule has 0 aliphatic carbocycles. The maximum Gasteiger partial charge on any atom is 0.319 e. The quantitative estimate of drug-likeness (QED) is 0.867. The standard InChI is InChI=1S/C12H13FN4O/c13-10-2-1-3-11(8-10)16-12(18)15-5-7-17-6-4-14-9-17/h1-4,6,8-9H,5,7H2,(H2,15,16,18). The molecule has 18 heavy (non-hydrogen) atoms. The molecule has 0 radical (unpaired) electrons. The van der Waals surface area contributed by atoms with E-state index in [9.17, 15) is 9.18 Å². The van der Waals surface area contributed by atoms with Crippen LogP contribution in [0.5, 0.6) is 0 Å². The Labute approximate surface area is 104 Å². The molecule has 0 spiro atoms. The number of carbonyl (C=O) groups is 1. The third kappa shape index (κ3) is 3.58. The van der Waals surface area contributed by atoms with Crippen molar-refractivity contribution in [2.75, 3.05) is 11.9 Å². The third-order valence-electron chi connectivity index (χ3n) is 2.30. The Morgan fingerprint density at radius 1 is 1.44 bits per heavy atom. The molecule has 0 saturated heterocycles. The minimum atomic E-state index is -0.383. The minimum absolute atomic E-state index is 0.360. The molecule has 0 atom stereocenters. The van der Waals surface area contributed by atoms with Gasteiger partial charge in [0.05, 0.1) is 6.33 Å². The zero-order valence-corrected chi connectivity index (χ0v) is 9.64. The summed E-state index contributed by atoms with van der Waals surface area (Å²) in [6.07, 6.45) is 5.16. The van der Waals surface area contributed by atoms with Crippen molar-refractivity contribution >= 4 is 11.7 Å². The van der Waals surface area contributed by atoms with Gasteiger partial charge in [0, 0.05) is 31.2 Å². The summed E-state index contributed by atoms with van der Waals surface area (Å²) in [5, 5.41) is 5.22. The van der Waals surface area contributed by atoms with Crippen molar-refractivity contribution < 1.29 is 9.18 Å². The van der Waals surface area contributed by atoms with E-state index in [1.165, 1.54) is 18.2 Å². The van der Waals surface area contributed by atoms with E-state index in [2.05, 4.69) is 15.6 Å². The normalized spacial score (nSPS) is 10.1. The molecule has 94 valence electrons. The van der Waals surface area contributed by atoms with Gasteiger partial charge in [0.2, 0.25) is 0 Å². The van der Waals surface area contributed by atoms with E-state index in [0.717, 1.165) is 0 Å². The van der Waals surface area contributed by atoms with Gasteiger partial charge in [-0.25, -0.2) is 14.2 Å². The number of hydrogen-bond donors (Lipinski definition) is 2. The first-order valence-corrected chi connectivity index (χ1v) is 5.50. The third-order valence-corrected chi connectivity index (χ3v) is 2.30. The Morgan fingerprint density at radius 2 is 2.33 bits per heavy atom. The predicted molar refractivity (Wildman–Crippen MR) is 65.6 cm³/mol. The number of nitrogens with zero attached hydrogens (tertiary/aromatic N) is 2. The van der Waals surface area contributed by atoms with Crippen LogP contribution in [0.15, 0.2) is 43.0 Å². The highest BCUT2D eigenvalue weighted by Crippen LogP contribution is 2.08. The van der Waals surface area contributed by atoms with Gasteiger partial charge >= 0.3 is 6.03 Å². The molecule has 2 N–H and O–H groups in total. The molecule has 0 saturated carbocycles. The van der Waals surface area contributed by atoms with Crippen molar-refractivity contribution in [2.24, 2.45) is 0 Å². The van der Waals surface area contributed by atoms with Gasteiger partial charge in [-0.3, -0.25) is 0 Å². The zero-order valence-electron chi connectivity index (χ0n) is 9.64. The van der Waals surface area contributed by atoms with E-state index in [4.69, 9.17) is 0 Å². The van der Waals surface area contributed by atoms with Crippen LogP contribution < -0.4 is 10.6 Å². The maximum absolute atomic E-state index is 12.9. The number of halogens is 1. The fraction of sp³-hybridized carbons (Fsp3) is 0.167. The van der Waals surface area contributed by atoms with Crippen LogP contribution in [0.3, 0.4) is 0 Å². The number of rotatable bonds is 4. The Kier molecular flexibility index (Phi) is 3.90. The van der Waals surface area contributed by atoms with E-state index in [1.807, 2.05) is 10.8 Å².